The number of carbonyl (C=O) groups is 1. The largest absolute Gasteiger partial charge is 0.349 e. The van der Waals surface area contributed by atoms with Crippen molar-refractivity contribution in [2.24, 2.45) is 0 Å². The topological polar surface area (TPSA) is 56.9 Å². The molecule has 0 aliphatic heterocycles. The van der Waals surface area contributed by atoms with E-state index in [1.807, 2.05) is 0 Å². The molecule has 90 valence electrons. The molecule has 3 N–H and O–H groups in total. The van der Waals surface area contributed by atoms with Crippen LogP contribution in [-0.2, 0) is 0 Å². The van der Waals surface area contributed by atoms with Gasteiger partial charge in [-0.2, -0.15) is 0 Å². The highest BCUT2D eigenvalue weighted by Crippen LogP contribution is 2.21. The number of hydrogen-bond acceptors (Lipinski definition) is 2. The molecule has 0 radical (unpaired) electrons. The van der Waals surface area contributed by atoms with Gasteiger partial charge in [-0.15, -0.1) is 0 Å². The van der Waals surface area contributed by atoms with E-state index < -0.39 is 0 Å². The molecule has 0 unspecified atom stereocenters. The summed E-state index contributed by atoms with van der Waals surface area (Å²) in [4.78, 5) is 14.3. The van der Waals surface area contributed by atoms with Crippen molar-refractivity contribution in [2.45, 2.75) is 13.3 Å². The smallest absolute Gasteiger partial charge is 0.267 e. The third-order valence-electron chi connectivity index (χ3n) is 1.98. The molecule has 1 aromatic heterocycles. The van der Waals surface area contributed by atoms with Crippen LogP contribution in [0.1, 0.15) is 23.8 Å². The van der Waals surface area contributed by atoms with E-state index in [0.29, 0.717) is 17.3 Å². The van der Waals surface area contributed by atoms with Crippen LogP contribution in [0, 0.1) is 0 Å². The van der Waals surface area contributed by atoms with Gasteiger partial charge in [0.2, 0.25) is 0 Å². The van der Waals surface area contributed by atoms with E-state index in [1.165, 1.54) is 6.07 Å². The van der Waals surface area contributed by atoms with Crippen LogP contribution in [0.5, 0.6) is 0 Å². The van der Waals surface area contributed by atoms with E-state index in [1.54, 1.807) is 0 Å². The van der Waals surface area contributed by atoms with E-state index in [4.69, 9.17) is 23.2 Å². The molecule has 1 heterocycles. The van der Waals surface area contributed by atoms with E-state index in [0.717, 1.165) is 19.5 Å². The summed E-state index contributed by atoms with van der Waals surface area (Å²) < 4.78 is 0. The Morgan fingerprint density at radius 3 is 2.69 bits per heavy atom. The first-order valence-corrected chi connectivity index (χ1v) is 5.93. The van der Waals surface area contributed by atoms with E-state index >= 15 is 0 Å². The average Bonchev–Trinajstić information content (AvgIpc) is 2.59. The van der Waals surface area contributed by atoms with Crippen LogP contribution in [0.4, 0.5) is 0 Å². The van der Waals surface area contributed by atoms with Crippen molar-refractivity contribution in [1.29, 1.82) is 0 Å². The first-order valence-electron chi connectivity index (χ1n) is 5.18. The van der Waals surface area contributed by atoms with Gasteiger partial charge in [0.05, 0.1) is 5.02 Å². The normalized spacial score (nSPS) is 10.4. The molecule has 1 amide bonds. The second-order valence-corrected chi connectivity index (χ2v) is 4.14. The molecular weight excluding hydrogens is 249 g/mol. The summed E-state index contributed by atoms with van der Waals surface area (Å²) in [6, 6.07) is 1.51. The van der Waals surface area contributed by atoms with Crippen LogP contribution in [-0.4, -0.2) is 30.5 Å². The van der Waals surface area contributed by atoms with E-state index in [-0.39, 0.29) is 11.1 Å². The monoisotopic (exact) mass is 263 g/mol. The molecule has 0 bridgehead atoms. The van der Waals surface area contributed by atoms with Gasteiger partial charge < -0.3 is 15.6 Å². The molecule has 0 aromatic carbocycles. The number of rotatable bonds is 6. The molecule has 16 heavy (non-hydrogen) atoms. The summed E-state index contributed by atoms with van der Waals surface area (Å²) >= 11 is 11.4. The first kappa shape index (κ1) is 13.4. The summed E-state index contributed by atoms with van der Waals surface area (Å²) in [5.74, 6) is -0.202. The number of aromatic nitrogens is 1. The summed E-state index contributed by atoms with van der Waals surface area (Å²) in [6.45, 7) is 4.37. The number of nitrogens with one attached hydrogen (secondary N) is 3. The van der Waals surface area contributed by atoms with Gasteiger partial charge in [-0.1, -0.05) is 30.1 Å². The van der Waals surface area contributed by atoms with Crippen molar-refractivity contribution >= 4 is 29.1 Å². The second kappa shape index (κ2) is 6.78. The molecule has 0 saturated heterocycles. The van der Waals surface area contributed by atoms with Crippen molar-refractivity contribution in [3.63, 3.8) is 0 Å². The van der Waals surface area contributed by atoms with Gasteiger partial charge >= 0.3 is 0 Å². The van der Waals surface area contributed by atoms with Gasteiger partial charge in [-0.05, 0) is 19.0 Å². The molecule has 1 rings (SSSR count). The van der Waals surface area contributed by atoms with Crippen molar-refractivity contribution in [3.05, 3.63) is 21.9 Å². The Morgan fingerprint density at radius 2 is 2.12 bits per heavy atom. The van der Waals surface area contributed by atoms with Gasteiger partial charge in [0.25, 0.3) is 5.91 Å². The van der Waals surface area contributed by atoms with Crippen molar-refractivity contribution in [2.75, 3.05) is 19.6 Å². The molecule has 0 aliphatic carbocycles. The predicted molar refractivity (Wildman–Crippen MR) is 66.3 cm³/mol. The lowest BCUT2D eigenvalue weighted by atomic mass is 10.4. The fourth-order valence-electron chi connectivity index (χ4n) is 1.19. The molecule has 0 fully saturated rings. The maximum atomic E-state index is 11.6. The Bertz CT molecular complexity index is 332. The standard InChI is InChI=1S/C10H15Cl2N3O/c1-2-3-13-4-5-14-10(16)8-6-7(11)9(12)15-8/h6,13,15H,2-5H2,1H3,(H,14,16). The maximum Gasteiger partial charge on any atom is 0.267 e. The number of amides is 1. The van der Waals surface area contributed by atoms with Crippen molar-refractivity contribution in [3.8, 4) is 0 Å². The molecule has 0 saturated carbocycles. The summed E-state index contributed by atoms with van der Waals surface area (Å²) in [5, 5.41) is 6.58. The zero-order valence-electron chi connectivity index (χ0n) is 9.07. The third kappa shape index (κ3) is 4.04. The van der Waals surface area contributed by atoms with E-state index in [2.05, 4.69) is 22.5 Å². The van der Waals surface area contributed by atoms with Gasteiger partial charge in [-0.3, -0.25) is 4.79 Å². The number of halogens is 2. The van der Waals surface area contributed by atoms with Crippen LogP contribution in [0.3, 0.4) is 0 Å². The number of H-pyrrole nitrogens is 1. The molecule has 4 nitrogen and oxygen atoms in total. The minimum absolute atomic E-state index is 0.202. The van der Waals surface area contributed by atoms with E-state index in [9.17, 15) is 4.79 Å². The summed E-state index contributed by atoms with van der Waals surface area (Å²) in [7, 11) is 0. The van der Waals surface area contributed by atoms with Crippen LogP contribution in [0.2, 0.25) is 10.2 Å². The number of hydrogen-bond donors (Lipinski definition) is 3. The SMILES string of the molecule is CCCNCCNC(=O)c1cc(Cl)c(Cl)[nH]1. The van der Waals surface area contributed by atoms with Gasteiger partial charge in [0.1, 0.15) is 10.8 Å². The quantitative estimate of drug-likeness (QED) is 0.689. The summed E-state index contributed by atoms with van der Waals surface area (Å²) in [5.41, 5.74) is 0.380. The zero-order chi connectivity index (χ0) is 12.0. The highest BCUT2D eigenvalue weighted by Gasteiger charge is 2.10. The lowest BCUT2D eigenvalue weighted by molar-refractivity contribution is 0.0949. The Morgan fingerprint density at radius 1 is 1.38 bits per heavy atom. The fraction of sp³-hybridized carbons (Fsp3) is 0.500. The minimum Gasteiger partial charge on any atom is -0.349 e. The Labute approximate surface area is 105 Å². The molecule has 6 heteroatoms. The zero-order valence-corrected chi connectivity index (χ0v) is 10.6. The number of aromatic amines is 1. The predicted octanol–water partition coefficient (Wildman–Crippen LogP) is 2.05. The third-order valence-corrected chi connectivity index (χ3v) is 2.68. The minimum atomic E-state index is -0.202. The van der Waals surface area contributed by atoms with Crippen LogP contribution < -0.4 is 10.6 Å². The second-order valence-electron chi connectivity index (χ2n) is 3.35. The molecule has 0 atom stereocenters. The highest BCUT2D eigenvalue weighted by atomic mass is 35.5. The van der Waals surface area contributed by atoms with Crippen LogP contribution in [0.15, 0.2) is 6.07 Å². The van der Waals surface area contributed by atoms with Crippen LogP contribution >= 0.6 is 23.2 Å². The van der Waals surface area contributed by atoms with Crippen molar-refractivity contribution in [1.82, 2.24) is 15.6 Å². The Balaban J connectivity index is 2.30. The lowest BCUT2D eigenvalue weighted by Gasteiger charge is -2.04. The Kier molecular flexibility index (Phi) is 5.66. The Hall–Kier alpha value is -0.710. The average molecular weight is 264 g/mol. The molecule has 1 aromatic rings. The van der Waals surface area contributed by atoms with Gasteiger partial charge in [0.15, 0.2) is 0 Å². The number of carbonyl (C=O) groups excluding carboxylic acids is 1. The summed E-state index contributed by atoms with van der Waals surface area (Å²) in [6.07, 6.45) is 1.08. The van der Waals surface area contributed by atoms with Crippen molar-refractivity contribution < 1.29 is 4.79 Å². The fourth-order valence-corrected chi connectivity index (χ4v) is 1.50. The van der Waals surface area contributed by atoms with Crippen LogP contribution in [0.25, 0.3) is 0 Å². The lowest BCUT2D eigenvalue weighted by Crippen LogP contribution is -2.32. The molecular formula is C10H15Cl2N3O. The first-order chi connectivity index (χ1) is 7.65. The van der Waals surface area contributed by atoms with Gasteiger partial charge in [0, 0.05) is 13.1 Å². The molecule has 0 spiro atoms. The highest BCUT2D eigenvalue weighted by molar-refractivity contribution is 6.41. The maximum absolute atomic E-state index is 11.6. The molecule has 0 aliphatic rings. The van der Waals surface area contributed by atoms with Gasteiger partial charge in [-0.25, -0.2) is 0 Å².